The molecule has 0 bridgehead atoms. The summed E-state index contributed by atoms with van der Waals surface area (Å²) >= 11 is 0. The topological polar surface area (TPSA) is 98.4 Å². The van der Waals surface area contributed by atoms with E-state index in [2.05, 4.69) is 10.6 Å². The minimum Gasteiger partial charge on any atom is -0.493 e. The van der Waals surface area contributed by atoms with Gasteiger partial charge in [0.25, 0.3) is 0 Å². The van der Waals surface area contributed by atoms with Gasteiger partial charge in [-0.25, -0.2) is 4.79 Å². The summed E-state index contributed by atoms with van der Waals surface area (Å²) in [6.45, 7) is 7.59. The fourth-order valence-electron chi connectivity index (χ4n) is 3.85. The van der Waals surface area contributed by atoms with Gasteiger partial charge in [-0.3, -0.25) is 4.79 Å². The largest absolute Gasteiger partial charge is 0.493 e. The predicted molar refractivity (Wildman–Crippen MR) is 122 cm³/mol. The third-order valence-electron chi connectivity index (χ3n) is 5.37. The predicted octanol–water partition coefficient (Wildman–Crippen LogP) is 2.39. The number of nitrogens with one attached hydrogen (secondary N) is 2. The number of urea groups is 1. The molecular formula is C23H37N3O6. The first-order valence-corrected chi connectivity index (χ1v) is 10.8. The highest BCUT2D eigenvalue weighted by molar-refractivity contribution is 5.83. The number of likely N-dealkylation sites (tertiary alicyclic amines) is 1. The van der Waals surface area contributed by atoms with Gasteiger partial charge in [-0.15, -0.1) is 0 Å². The molecule has 3 amide bonds. The van der Waals surface area contributed by atoms with E-state index in [0.29, 0.717) is 43.5 Å². The van der Waals surface area contributed by atoms with Crippen LogP contribution in [0.15, 0.2) is 12.1 Å². The molecule has 2 atom stereocenters. The molecule has 1 aliphatic heterocycles. The van der Waals surface area contributed by atoms with Crippen LogP contribution >= 0.6 is 0 Å². The number of nitrogens with zero attached hydrogens (tertiary/aromatic N) is 1. The van der Waals surface area contributed by atoms with E-state index < -0.39 is 5.92 Å². The second-order valence-corrected chi connectivity index (χ2v) is 8.89. The molecule has 0 unspecified atom stereocenters. The van der Waals surface area contributed by atoms with Gasteiger partial charge >= 0.3 is 6.03 Å². The highest BCUT2D eigenvalue weighted by Gasteiger charge is 2.41. The molecule has 32 heavy (non-hydrogen) atoms. The minimum atomic E-state index is -0.411. The average molecular weight is 452 g/mol. The van der Waals surface area contributed by atoms with E-state index in [0.717, 1.165) is 12.0 Å². The van der Waals surface area contributed by atoms with Crippen LogP contribution in [0.5, 0.6) is 17.2 Å². The summed E-state index contributed by atoms with van der Waals surface area (Å²) in [5.41, 5.74) is 0.474. The van der Waals surface area contributed by atoms with Crippen molar-refractivity contribution in [3.05, 3.63) is 17.7 Å². The summed E-state index contributed by atoms with van der Waals surface area (Å²) in [6.07, 6.45) is 0.720. The number of amides is 3. The van der Waals surface area contributed by atoms with Crippen molar-refractivity contribution in [1.82, 2.24) is 15.5 Å². The van der Waals surface area contributed by atoms with Gasteiger partial charge in [-0.2, -0.15) is 0 Å². The number of hydrogen-bond donors (Lipinski definition) is 2. The molecule has 9 nitrogen and oxygen atoms in total. The van der Waals surface area contributed by atoms with Crippen molar-refractivity contribution < 1.29 is 28.5 Å². The van der Waals surface area contributed by atoms with Crippen molar-refractivity contribution in [2.75, 3.05) is 54.7 Å². The van der Waals surface area contributed by atoms with Gasteiger partial charge in [0.1, 0.15) is 0 Å². The first kappa shape index (κ1) is 25.6. The number of methoxy groups -OCH3 is 4. The zero-order valence-electron chi connectivity index (χ0n) is 20.2. The molecule has 0 saturated carbocycles. The summed E-state index contributed by atoms with van der Waals surface area (Å²) < 4.78 is 21.5. The minimum absolute atomic E-state index is 0.0917. The molecule has 1 aromatic rings. The van der Waals surface area contributed by atoms with E-state index in [1.165, 1.54) is 0 Å². The lowest BCUT2D eigenvalue weighted by molar-refractivity contribution is -0.124. The van der Waals surface area contributed by atoms with Gasteiger partial charge in [-0.1, -0.05) is 0 Å². The lowest BCUT2D eigenvalue weighted by Gasteiger charge is -2.25. The van der Waals surface area contributed by atoms with Crippen LogP contribution in [0.1, 0.15) is 38.7 Å². The fraction of sp³-hybridized carbons (Fsp3) is 0.652. The van der Waals surface area contributed by atoms with E-state index in [1.54, 1.807) is 33.3 Å². The number of carbonyl (C=O) groups excluding carboxylic acids is 2. The quantitative estimate of drug-likeness (QED) is 0.560. The molecule has 1 aromatic carbocycles. The first-order valence-electron chi connectivity index (χ1n) is 10.8. The summed E-state index contributed by atoms with van der Waals surface area (Å²) in [4.78, 5) is 27.6. The SMILES string of the molecule is COCCCNC(=O)[C@@H]1CN(C(=O)NC(C)(C)C)C[C@H]1c1cc(OC)c(OC)c(OC)c1. The Bertz CT molecular complexity index is 767. The van der Waals surface area contributed by atoms with E-state index in [4.69, 9.17) is 18.9 Å². The summed E-state index contributed by atoms with van der Waals surface area (Å²) in [6, 6.07) is 3.51. The molecule has 1 heterocycles. The van der Waals surface area contributed by atoms with Crippen LogP contribution in [0.4, 0.5) is 4.79 Å². The van der Waals surface area contributed by atoms with Crippen LogP contribution in [-0.2, 0) is 9.53 Å². The van der Waals surface area contributed by atoms with Gasteiger partial charge < -0.3 is 34.5 Å². The van der Waals surface area contributed by atoms with Crippen LogP contribution in [0.3, 0.4) is 0 Å². The Morgan fingerprint density at radius 3 is 2.16 bits per heavy atom. The molecule has 0 aromatic heterocycles. The monoisotopic (exact) mass is 451 g/mol. The molecular weight excluding hydrogens is 414 g/mol. The first-order chi connectivity index (χ1) is 15.1. The molecule has 9 heteroatoms. The lowest BCUT2D eigenvalue weighted by Crippen LogP contribution is -2.48. The highest BCUT2D eigenvalue weighted by atomic mass is 16.5. The molecule has 0 radical (unpaired) electrons. The number of benzene rings is 1. The van der Waals surface area contributed by atoms with Crippen LogP contribution in [-0.4, -0.2) is 77.1 Å². The number of ether oxygens (including phenoxy) is 4. The van der Waals surface area contributed by atoms with Crippen molar-refractivity contribution in [2.45, 2.75) is 38.6 Å². The second-order valence-electron chi connectivity index (χ2n) is 8.89. The van der Waals surface area contributed by atoms with Gasteiger partial charge in [-0.05, 0) is 44.9 Å². The van der Waals surface area contributed by atoms with Crippen molar-refractivity contribution >= 4 is 11.9 Å². The van der Waals surface area contributed by atoms with Gasteiger partial charge in [0.15, 0.2) is 11.5 Å². The number of hydrogen-bond acceptors (Lipinski definition) is 6. The second kappa shape index (κ2) is 11.3. The van der Waals surface area contributed by atoms with Crippen molar-refractivity contribution in [3.63, 3.8) is 0 Å². The molecule has 2 N–H and O–H groups in total. The number of carbonyl (C=O) groups is 2. The molecule has 1 saturated heterocycles. The molecule has 2 rings (SSSR count). The lowest BCUT2D eigenvalue weighted by atomic mass is 9.88. The summed E-state index contributed by atoms with van der Waals surface area (Å²) in [5, 5.41) is 5.97. The molecule has 1 fully saturated rings. The summed E-state index contributed by atoms with van der Waals surface area (Å²) in [5.74, 6) is 0.783. The number of rotatable bonds is 9. The third kappa shape index (κ3) is 6.41. The Hall–Kier alpha value is -2.68. The normalized spacial score (nSPS) is 18.3. The van der Waals surface area contributed by atoms with E-state index >= 15 is 0 Å². The van der Waals surface area contributed by atoms with Crippen LogP contribution in [0.2, 0.25) is 0 Å². The van der Waals surface area contributed by atoms with Crippen molar-refractivity contribution in [3.8, 4) is 17.2 Å². The fourth-order valence-corrected chi connectivity index (χ4v) is 3.85. The van der Waals surface area contributed by atoms with Crippen molar-refractivity contribution in [1.29, 1.82) is 0 Å². The highest BCUT2D eigenvalue weighted by Crippen LogP contribution is 2.43. The Morgan fingerprint density at radius 2 is 1.66 bits per heavy atom. The van der Waals surface area contributed by atoms with Crippen LogP contribution < -0.4 is 24.8 Å². The Morgan fingerprint density at radius 1 is 1.03 bits per heavy atom. The van der Waals surface area contributed by atoms with E-state index in [9.17, 15) is 9.59 Å². The Balaban J connectivity index is 2.34. The van der Waals surface area contributed by atoms with E-state index in [1.807, 2.05) is 32.9 Å². The zero-order valence-corrected chi connectivity index (χ0v) is 20.2. The standard InChI is InChI=1S/C23H37N3O6/c1-23(2,3)25-22(28)26-13-16(17(14-26)21(27)24-9-8-10-29-4)15-11-18(30-5)20(32-7)19(12-15)31-6/h11-12,16-17H,8-10,13-14H2,1-7H3,(H,24,27)(H,25,28)/t16-,17+/m0/s1. The third-order valence-corrected chi connectivity index (χ3v) is 5.37. The Kier molecular flexibility index (Phi) is 9.00. The zero-order chi connectivity index (χ0) is 23.9. The van der Waals surface area contributed by atoms with Crippen LogP contribution in [0, 0.1) is 5.92 Å². The van der Waals surface area contributed by atoms with Gasteiger partial charge in [0.2, 0.25) is 11.7 Å². The molecule has 1 aliphatic rings. The smallest absolute Gasteiger partial charge is 0.317 e. The van der Waals surface area contributed by atoms with Gasteiger partial charge in [0.05, 0.1) is 27.2 Å². The maximum absolute atomic E-state index is 13.1. The molecule has 180 valence electrons. The molecule has 0 aliphatic carbocycles. The van der Waals surface area contributed by atoms with Crippen LogP contribution in [0.25, 0.3) is 0 Å². The average Bonchev–Trinajstić information content (AvgIpc) is 3.20. The summed E-state index contributed by atoms with van der Waals surface area (Å²) in [7, 11) is 6.28. The van der Waals surface area contributed by atoms with Gasteiger partial charge in [0, 0.05) is 44.8 Å². The molecule has 0 spiro atoms. The van der Waals surface area contributed by atoms with E-state index in [-0.39, 0.29) is 23.4 Å². The maximum Gasteiger partial charge on any atom is 0.317 e. The Labute approximate surface area is 190 Å². The van der Waals surface area contributed by atoms with Crippen molar-refractivity contribution in [2.24, 2.45) is 5.92 Å². The maximum atomic E-state index is 13.1.